The Morgan fingerprint density at radius 1 is 1.28 bits per heavy atom. The summed E-state index contributed by atoms with van der Waals surface area (Å²) in [5, 5.41) is 0. The molecule has 0 fully saturated rings. The van der Waals surface area contributed by atoms with E-state index in [2.05, 4.69) is 15.0 Å². The SMILES string of the molecule is C[C@@H](N)C(=O)N(c1cccnc1)c1cnccn1. The zero-order chi connectivity index (χ0) is 13.0. The van der Waals surface area contributed by atoms with Crippen molar-refractivity contribution in [3.8, 4) is 0 Å². The molecule has 0 saturated carbocycles. The highest BCUT2D eigenvalue weighted by Gasteiger charge is 2.22. The van der Waals surface area contributed by atoms with Crippen molar-refractivity contribution in [2.45, 2.75) is 13.0 Å². The zero-order valence-electron chi connectivity index (χ0n) is 9.89. The third-order valence-corrected chi connectivity index (χ3v) is 2.29. The van der Waals surface area contributed by atoms with Gasteiger partial charge in [0.1, 0.15) is 0 Å². The average Bonchev–Trinajstić information content (AvgIpc) is 2.41. The van der Waals surface area contributed by atoms with Gasteiger partial charge in [0, 0.05) is 18.6 Å². The van der Waals surface area contributed by atoms with Crippen LogP contribution in [0.5, 0.6) is 0 Å². The molecule has 0 unspecified atom stereocenters. The molecule has 2 aromatic heterocycles. The first-order valence-electron chi connectivity index (χ1n) is 5.45. The van der Waals surface area contributed by atoms with Crippen molar-refractivity contribution in [3.05, 3.63) is 43.1 Å². The molecule has 0 spiro atoms. The fourth-order valence-corrected chi connectivity index (χ4v) is 1.47. The Balaban J connectivity index is 2.45. The minimum Gasteiger partial charge on any atom is -0.320 e. The Hall–Kier alpha value is -2.34. The first-order valence-corrected chi connectivity index (χ1v) is 5.45. The van der Waals surface area contributed by atoms with Crippen molar-refractivity contribution in [1.29, 1.82) is 0 Å². The highest BCUT2D eigenvalue weighted by atomic mass is 16.2. The van der Waals surface area contributed by atoms with Crippen LogP contribution in [0.4, 0.5) is 11.5 Å². The standard InChI is InChI=1S/C12H13N5O/c1-9(13)12(18)17(10-3-2-4-14-7-10)11-8-15-5-6-16-11/h2-9H,13H2,1H3/t9-/m1/s1. The Morgan fingerprint density at radius 3 is 2.61 bits per heavy atom. The number of carbonyl (C=O) groups is 1. The maximum absolute atomic E-state index is 12.1. The molecule has 2 rings (SSSR count). The number of nitrogens with two attached hydrogens (primary N) is 1. The quantitative estimate of drug-likeness (QED) is 0.865. The summed E-state index contributed by atoms with van der Waals surface area (Å²) in [4.78, 5) is 25.6. The fourth-order valence-electron chi connectivity index (χ4n) is 1.47. The van der Waals surface area contributed by atoms with Gasteiger partial charge in [-0.2, -0.15) is 0 Å². The normalized spacial score (nSPS) is 11.9. The van der Waals surface area contributed by atoms with Crippen LogP contribution in [0.2, 0.25) is 0 Å². The van der Waals surface area contributed by atoms with E-state index in [1.165, 1.54) is 17.3 Å². The number of anilines is 2. The predicted molar refractivity (Wildman–Crippen MR) is 67.1 cm³/mol. The lowest BCUT2D eigenvalue weighted by atomic mass is 10.2. The van der Waals surface area contributed by atoms with Crippen molar-refractivity contribution < 1.29 is 4.79 Å². The molecule has 92 valence electrons. The molecule has 1 atom stereocenters. The van der Waals surface area contributed by atoms with Gasteiger partial charge in [0.2, 0.25) is 5.91 Å². The largest absolute Gasteiger partial charge is 0.320 e. The van der Waals surface area contributed by atoms with Gasteiger partial charge in [-0.05, 0) is 19.1 Å². The van der Waals surface area contributed by atoms with Crippen molar-refractivity contribution in [2.75, 3.05) is 4.90 Å². The predicted octanol–water partition coefficient (Wildman–Crippen LogP) is 0.883. The van der Waals surface area contributed by atoms with Crippen LogP contribution in [0, 0.1) is 0 Å². The summed E-state index contributed by atoms with van der Waals surface area (Å²) >= 11 is 0. The average molecular weight is 243 g/mol. The summed E-state index contributed by atoms with van der Waals surface area (Å²) in [5.41, 5.74) is 6.26. The Bertz CT molecular complexity index is 475. The number of hydrogen-bond donors (Lipinski definition) is 1. The summed E-state index contributed by atoms with van der Waals surface area (Å²) in [5.74, 6) is 0.163. The number of rotatable bonds is 3. The van der Waals surface area contributed by atoms with Crippen LogP contribution in [0.3, 0.4) is 0 Å². The lowest BCUT2D eigenvalue weighted by molar-refractivity contribution is -0.118. The van der Waals surface area contributed by atoms with Gasteiger partial charge in [-0.25, -0.2) is 4.98 Å². The van der Waals surface area contributed by atoms with E-state index in [0.29, 0.717) is 11.5 Å². The molecule has 0 radical (unpaired) electrons. The second-order valence-corrected chi connectivity index (χ2v) is 3.74. The molecule has 0 aliphatic rings. The number of pyridine rings is 1. The third-order valence-electron chi connectivity index (χ3n) is 2.29. The Labute approximate surface area is 105 Å². The molecule has 6 nitrogen and oxygen atoms in total. The fraction of sp³-hybridized carbons (Fsp3) is 0.167. The van der Waals surface area contributed by atoms with Gasteiger partial charge >= 0.3 is 0 Å². The lowest BCUT2D eigenvalue weighted by Gasteiger charge is -2.22. The Kier molecular flexibility index (Phi) is 3.59. The van der Waals surface area contributed by atoms with Gasteiger partial charge in [0.25, 0.3) is 0 Å². The highest BCUT2D eigenvalue weighted by molar-refractivity contribution is 6.02. The van der Waals surface area contributed by atoms with Crippen molar-refractivity contribution in [2.24, 2.45) is 5.73 Å². The molecule has 1 amide bonds. The van der Waals surface area contributed by atoms with Crippen molar-refractivity contribution >= 4 is 17.4 Å². The molecular formula is C12H13N5O. The van der Waals surface area contributed by atoms with E-state index in [4.69, 9.17) is 5.73 Å². The zero-order valence-corrected chi connectivity index (χ0v) is 9.89. The highest BCUT2D eigenvalue weighted by Crippen LogP contribution is 2.22. The molecule has 2 aromatic rings. The molecule has 0 aliphatic heterocycles. The van der Waals surface area contributed by atoms with Gasteiger partial charge in [0.15, 0.2) is 5.82 Å². The van der Waals surface area contributed by atoms with Gasteiger partial charge in [-0.3, -0.25) is 19.7 Å². The summed E-state index contributed by atoms with van der Waals surface area (Å²) < 4.78 is 0. The van der Waals surface area contributed by atoms with Crippen molar-refractivity contribution in [3.63, 3.8) is 0 Å². The number of hydrogen-bond acceptors (Lipinski definition) is 5. The van der Waals surface area contributed by atoms with E-state index in [0.717, 1.165) is 0 Å². The first-order chi connectivity index (χ1) is 8.70. The van der Waals surface area contributed by atoms with Crippen molar-refractivity contribution in [1.82, 2.24) is 15.0 Å². The van der Waals surface area contributed by atoms with Gasteiger partial charge < -0.3 is 5.73 Å². The van der Waals surface area contributed by atoms with Gasteiger partial charge in [0.05, 0.1) is 24.1 Å². The minimum absolute atomic E-state index is 0.261. The lowest BCUT2D eigenvalue weighted by Crippen LogP contribution is -2.39. The molecule has 6 heteroatoms. The molecular weight excluding hydrogens is 230 g/mol. The number of carbonyl (C=O) groups excluding carboxylic acids is 1. The summed E-state index contributed by atoms with van der Waals surface area (Å²) in [7, 11) is 0. The molecule has 18 heavy (non-hydrogen) atoms. The first kappa shape index (κ1) is 12.1. The van der Waals surface area contributed by atoms with Crippen LogP contribution in [0.15, 0.2) is 43.1 Å². The summed E-state index contributed by atoms with van der Waals surface area (Å²) in [6.07, 6.45) is 7.78. The van der Waals surface area contributed by atoms with E-state index >= 15 is 0 Å². The van der Waals surface area contributed by atoms with E-state index in [-0.39, 0.29) is 5.91 Å². The van der Waals surface area contributed by atoms with Crippen LogP contribution in [-0.2, 0) is 4.79 Å². The number of amides is 1. The smallest absolute Gasteiger partial charge is 0.249 e. The molecule has 2 heterocycles. The monoisotopic (exact) mass is 243 g/mol. The van der Waals surface area contributed by atoms with Crippen LogP contribution in [-0.4, -0.2) is 26.9 Å². The summed E-state index contributed by atoms with van der Waals surface area (Å²) in [6, 6.07) is 2.88. The van der Waals surface area contributed by atoms with E-state index < -0.39 is 6.04 Å². The second-order valence-electron chi connectivity index (χ2n) is 3.74. The maximum Gasteiger partial charge on any atom is 0.249 e. The molecule has 0 saturated heterocycles. The maximum atomic E-state index is 12.1. The molecule has 2 N–H and O–H groups in total. The Morgan fingerprint density at radius 2 is 2.06 bits per heavy atom. The number of nitrogens with zero attached hydrogens (tertiary/aromatic N) is 4. The van der Waals surface area contributed by atoms with Gasteiger partial charge in [-0.1, -0.05) is 0 Å². The topological polar surface area (TPSA) is 85.0 Å². The van der Waals surface area contributed by atoms with Crippen LogP contribution >= 0.6 is 0 Å². The summed E-state index contributed by atoms with van der Waals surface area (Å²) in [6.45, 7) is 1.63. The van der Waals surface area contributed by atoms with Crippen LogP contribution < -0.4 is 10.6 Å². The molecule has 0 aliphatic carbocycles. The van der Waals surface area contributed by atoms with Gasteiger partial charge in [-0.15, -0.1) is 0 Å². The molecule has 0 bridgehead atoms. The second kappa shape index (κ2) is 5.33. The number of aromatic nitrogens is 3. The molecule has 0 aromatic carbocycles. The van der Waals surface area contributed by atoms with E-state index in [9.17, 15) is 4.79 Å². The van der Waals surface area contributed by atoms with Crippen LogP contribution in [0.1, 0.15) is 6.92 Å². The van der Waals surface area contributed by atoms with Crippen LogP contribution in [0.25, 0.3) is 0 Å². The minimum atomic E-state index is -0.632. The third kappa shape index (κ3) is 2.49. The van der Waals surface area contributed by atoms with E-state index in [1.807, 2.05) is 0 Å². The van der Waals surface area contributed by atoms with E-state index in [1.54, 1.807) is 37.6 Å².